The normalized spacial score (nSPS) is 13.4. The van der Waals surface area contributed by atoms with E-state index in [2.05, 4.69) is 22.5 Å². The number of carbonyl (C=O) groups is 2. The van der Waals surface area contributed by atoms with Crippen LogP contribution in [0.3, 0.4) is 0 Å². The fraction of sp³-hybridized carbons (Fsp3) is 0.258. The summed E-state index contributed by atoms with van der Waals surface area (Å²) < 4.78 is 0. The van der Waals surface area contributed by atoms with Crippen LogP contribution in [-0.4, -0.2) is 17.2 Å². The first kappa shape index (κ1) is 26.7. The van der Waals surface area contributed by atoms with E-state index >= 15 is 0 Å². The smallest absolute Gasteiger partial charge is 0.255 e. The number of nitrogens with one attached hydrogen (secondary N) is 3. The second kappa shape index (κ2) is 11.8. The summed E-state index contributed by atoms with van der Waals surface area (Å²) >= 11 is 0. The number of H-pyrrole nitrogens is 1. The predicted molar refractivity (Wildman–Crippen MR) is 153 cm³/mol. The van der Waals surface area contributed by atoms with E-state index in [1.54, 1.807) is 12.3 Å². The maximum absolute atomic E-state index is 13.7. The lowest BCUT2D eigenvalue weighted by molar-refractivity contribution is -0.122. The first-order valence-corrected chi connectivity index (χ1v) is 12.8. The largest absolute Gasteiger partial charge is 0.399 e. The van der Waals surface area contributed by atoms with Gasteiger partial charge in [-0.1, -0.05) is 43.3 Å². The van der Waals surface area contributed by atoms with Gasteiger partial charge in [-0.05, 0) is 84.2 Å². The van der Waals surface area contributed by atoms with Gasteiger partial charge in [0.1, 0.15) is 12.3 Å². The Kier molecular flexibility index (Phi) is 8.26. The zero-order valence-corrected chi connectivity index (χ0v) is 22.0. The summed E-state index contributed by atoms with van der Waals surface area (Å²) in [5, 5.41) is 7.83. The number of benzene rings is 3. The molecule has 0 aliphatic carbocycles. The average molecular weight is 511 g/mol. The molecule has 0 bridgehead atoms. The second-order valence-corrected chi connectivity index (χ2v) is 9.85. The van der Waals surface area contributed by atoms with Crippen molar-refractivity contribution in [2.45, 2.75) is 51.6 Å². The molecule has 4 rings (SSSR count). The number of fused-ring (bicyclic) bond motifs is 1. The highest BCUT2D eigenvalue weighted by Gasteiger charge is 2.24. The molecular weight excluding hydrogens is 476 g/mol. The number of anilines is 2. The molecule has 3 aromatic carbocycles. The SMILES string of the molecule is Cc1cc(C(Nc2ccc3cc[nH]c(=O)c3c2)C(=O)N[C@H](C)c2cccc(N)c2)ccc1[C@@H](C)CCC=O. The molecule has 0 spiro atoms. The van der Waals surface area contributed by atoms with Gasteiger partial charge in [0.15, 0.2) is 0 Å². The van der Waals surface area contributed by atoms with Crippen LogP contribution in [0, 0.1) is 6.92 Å². The number of pyridine rings is 1. The van der Waals surface area contributed by atoms with Crippen LogP contribution in [0.4, 0.5) is 11.4 Å². The van der Waals surface area contributed by atoms with E-state index in [9.17, 15) is 14.4 Å². The van der Waals surface area contributed by atoms with E-state index in [4.69, 9.17) is 5.73 Å². The Labute approximate surface area is 222 Å². The number of rotatable bonds is 10. The topological polar surface area (TPSA) is 117 Å². The van der Waals surface area contributed by atoms with Crippen LogP contribution in [0.25, 0.3) is 10.8 Å². The summed E-state index contributed by atoms with van der Waals surface area (Å²) in [5.41, 5.74) is 11.0. The quantitative estimate of drug-likeness (QED) is 0.165. The highest BCUT2D eigenvalue weighted by Crippen LogP contribution is 2.29. The summed E-state index contributed by atoms with van der Waals surface area (Å²) in [6.45, 7) is 6.05. The molecular formula is C31H34N4O3. The molecule has 4 aromatic rings. The number of hydrogen-bond donors (Lipinski definition) is 4. The molecule has 1 aromatic heterocycles. The zero-order chi connectivity index (χ0) is 27.2. The van der Waals surface area contributed by atoms with Crippen molar-refractivity contribution in [3.63, 3.8) is 0 Å². The van der Waals surface area contributed by atoms with Crippen LogP contribution >= 0.6 is 0 Å². The van der Waals surface area contributed by atoms with Crippen molar-refractivity contribution < 1.29 is 9.59 Å². The number of aromatic nitrogens is 1. The van der Waals surface area contributed by atoms with Crippen molar-refractivity contribution in [3.05, 3.63) is 106 Å². The van der Waals surface area contributed by atoms with Crippen molar-refractivity contribution in [1.82, 2.24) is 10.3 Å². The Morgan fingerprint density at radius 2 is 1.84 bits per heavy atom. The second-order valence-electron chi connectivity index (χ2n) is 9.85. The maximum atomic E-state index is 13.7. The molecule has 0 saturated heterocycles. The Morgan fingerprint density at radius 1 is 1.03 bits per heavy atom. The van der Waals surface area contributed by atoms with Gasteiger partial charge in [-0.2, -0.15) is 0 Å². The van der Waals surface area contributed by atoms with Gasteiger partial charge in [0.05, 0.1) is 6.04 Å². The van der Waals surface area contributed by atoms with Gasteiger partial charge >= 0.3 is 0 Å². The Bertz CT molecular complexity index is 1510. The molecule has 3 atom stereocenters. The van der Waals surface area contributed by atoms with Crippen LogP contribution < -0.4 is 21.9 Å². The minimum absolute atomic E-state index is 0.188. The third-order valence-corrected chi connectivity index (χ3v) is 6.99. The van der Waals surface area contributed by atoms with Crippen molar-refractivity contribution in [3.8, 4) is 0 Å². The zero-order valence-electron chi connectivity index (χ0n) is 22.0. The fourth-order valence-electron chi connectivity index (χ4n) is 4.85. The van der Waals surface area contributed by atoms with E-state index in [1.807, 2.05) is 74.5 Å². The third-order valence-electron chi connectivity index (χ3n) is 6.99. The number of aryl methyl sites for hydroxylation is 1. The van der Waals surface area contributed by atoms with Gasteiger partial charge in [0.2, 0.25) is 5.91 Å². The van der Waals surface area contributed by atoms with Crippen LogP contribution in [0.2, 0.25) is 0 Å². The van der Waals surface area contributed by atoms with E-state index in [1.165, 1.54) is 0 Å². The molecule has 0 saturated carbocycles. The molecule has 7 nitrogen and oxygen atoms in total. The standard InChI is InChI=1S/C31H34N4O3/c1-19(6-5-15-36)27-12-10-24(16-20(27)2)29(31(38)34-21(3)23-7-4-8-25(32)17-23)35-26-11-9-22-13-14-33-30(37)28(22)18-26/h4,7-19,21,29,35H,5-6,32H2,1-3H3,(H,33,37)(H,34,38)/t19-,21+,29?/m0/s1. The molecule has 196 valence electrons. The van der Waals surface area contributed by atoms with Gasteiger partial charge < -0.3 is 26.1 Å². The monoisotopic (exact) mass is 510 g/mol. The summed E-state index contributed by atoms with van der Waals surface area (Å²) in [4.78, 5) is 39.6. The van der Waals surface area contributed by atoms with Gasteiger partial charge in [0.25, 0.3) is 5.56 Å². The predicted octanol–water partition coefficient (Wildman–Crippen LogP) is 5.53. The van der Waals surface area contributed by atoms with Crippen molar-refractivity contribution in [1.29, 1.82) is 0 Å². The molecule has 0 aliphatic rings. The Balaban J connectivity index is 1.67. The molecule has 7 heteroatoms. The van der Waals surface area contributed by atoms with E-state index in [0.717, 1.165) is 40.3 Å². The number of aldehydes is 1. The lowest BCUT2D eigenvalue weighted by Gasteiger charge is -2.24. The molecule has 1 heterocycles. The number of amides is 1. The lowest BCUT2D eigenvalue weighted by atomic mass is 9.90. The minimum atomic E-state index is -0.711. The third kappa shape index (κ3) is 6.11. The van der Waals surface area contributed by atoms with E-state index < -0.39 is 6.04 Å². The van der Waals surface area contributed by atoms with Gasteiger partial charge in [0, 0.05) is 29.4 Å². The number of aromatic amines is 1. The van der Waals surface area contributed by atoms with Gasteiger partial charge in [-0.3, -0.25) is 9.59 Å². The number of carbonyl (C=O) groups excluding carboxylic acids is 2. The van der Waals surface area contributed by atoms with E-state index in [-0.39, 0.29) is 23.4 Å². The Hall–Kier alpha value is -4.39. The molecule has 0 fully saturated rings. The number of nitrogen functional groups attached to an aromatic ring is 1. The molecule has 0 aliphatic heterocycles. The van der Waals surface area contributed by atoms with Crippen molar-refractivity contribution in [2.24, 2.45) is 0 Å². The van der Waals surface area contributed by atoms with Gasteiger partial charge in [-0.25, -0.2) is 0 Å². The van der Waals surface area contributed by atoms with Gasteiger partial charge in [-0.15, -0.1) is 0 Å². The molecule has 38 heavy (non-hydrogen) atoms. The highest BCUT2D eigenvalue weighted by molar-refractivity contribution is 5.89. The summed E-state index contributed by atoms with van der Waals surface area (Å²) in [7, 11) is 0. The lowest BCUT2D eigenvalue weighted by Crippen LogP contribution is -2.35. The minimum Gasteiger partial charge on any atom is -0.399 e. The van der Waals surface area contributed by atoms with Crippen molar-refractivity contribution >= 4 is 34.3 Å². The maximum Gasteiger partial charge on any atom is 0.255 e. The molecule has 1 unspecified atom stereocenters. The summed E-state index contributed by atoms with van der Waals surface area (Å²) in [5.74, 6) is 0.0217. The highest BCUT2D eigenvalue weighted by atomic mass is 16.2. The van der Waals surface area contributed by atoms with Crippen LogP contribution in [0.15, 0.2) is 77.7 Å². The fourth-order valence-corrected chi connectivity index (χ4v) is 4.85. The van der Waals surface area contributed by atoms with Crippen LogP contribution in [-0.2, 0) is 9.59 Å². The summed E-state index contributed by atoms with van der Waals surface area (Å²) in [6, 6.07) is 19.8. The van der Waals surface area contributed by atoms with Crippen LogP contribution in [0.5, 0.6) is 0 Å². The molecule has 5 N–H and O–H groups in total. The average Bonchev–Trinajstić information content (AvgIpc) is 2.90. The first-order chi connectivity index (χ1) is 18.3. The molecule has 1 amide bonds. The summed E-state index contributed by atoms with van der Waals surface area (Å²) in [6.07, 6.45) is 3.85. The van der Waals surface area contributed by atoms with Crippen molar-refractivity contribution in [2.75, 3.05) is 11.1 Å². The Morgan fingerprint density at radius 3 is 2.58 bits per heavy atom. The van der Waals surface area contributed by atoms with E-state index in [0.29, 0.717) is 23.2 Å². The number of nitrogens with two attached hydrogens (primary N) is 1. The van der Waals surface area contributed by atoms with Crippen LogP contribution in [0.1, 0.15) is 66.9 Å². The first-order valence-electron chi connectivity index (χ1n) is 12.8. The number of hydrogen-bond acceptors (Lipinski definition) is 5. The molecule has 0 radical (unpaired) electrons.